The van der Waals surface area contributed by atoms with Crippen molar-refractivity contribution in [3.05, 3.63) is 35.5 Å². The molecular formula is C19H25N3O4. The van der Waals surface area contributed by atoms with Crippen LogP contribution in [0.15, 0.2) is 22.7 Å². The Morgan fingerprint density at radius 2 is 2.00 bits per heavy atom. The standard InChI is InChI=1S/C19H25N3O4/c1-3-5-17-20-18(26-21-17)6-4-7-19(23)22(2)13-14-8-9-15-16(12-14)25-11-10-24-15/h8-9,12H,3-7,10-11,13H2,1-2H3. The molecule has 0 unspecified atom stereocenters. The van der Waals surface area contributed by atoms with Gasteiger partial charge in [0.2, 0.25) is 11.8 Å². The molecule has 0 radical (unpaired) electrons. The highest BCUT2D eigenvalue weighted by atomic mass is 16.6. The lowest BCUT2D eigenvalue weighted by atomic mass is 10.1. The maximum atomic E-state index is 12.3. The van der Waals surface area contributed by atoms with E-state index in [-0.39, 0.29) is 5.91 Å². The molecule has 1 aliphatic rings. The number of hydrogen-bond acceptors (Lipinski definition) is 6. The summed E-state index contributed by atoms with van der Waals surface area (Å²) in [5.74, 6) is 2.94. The molecule has 0 bridgehead atoms. The fraction of sp³-hybridized carbons (Fsp3) is 0.526. The van der Waals surface area contributed by atoms with Crippen molar-refractivity contribution < 1.29 is 18.8 Å². The third-order valence-electron chi connectivity index (χ3n) is 4.22. The molecule has 1 aromatic carbocycles. The molecule has 0 aliphatic carbocycles. The summed E-state index contributed by atoms with van der Waals surface area (Å²) in [7, 11) is 1.81. The first kappa shape index (κ1) is 18.2. The van der Waals surface area contributed by atoms with Gasteiger partial charge < -0.3 is 18.9 Å². The number of nitrogens with zero attached hydrogens (tertiary/aromatic N) is 3. The number of hydrogen-bond donors (Lipinski definition) is 0. The summed E-state index contributed by atoms with van der Waals surface area (Å²) in [6.07, 6.45) is 3.58. The van der Waals surface area contributed by atoms with Crippen molar-refractivity contribution in [3.8, 4) is 11.5 Å². The fourth-order valence-electron chi connectivity index (χ4n) is 2.85. The van der Waals surface area contributed by atoms with Crippen LogP contribution in [-0.4, -0.2) is 41.2 Å². The van der Waals surface area contributed by atoms with Crippen molar-refractivity contribution in [2.24, 2.45) is 0 Å². The summed E-state index contributed by atoms with van der Waals surface area (Å²) < 4.78 is 16.3. The minimum absolute atomic E-state index is 0.0909. The molecule has 1 amide bonds. The van der Waals surface area contributed by atoms with Crippen molar-refractivity contribution in [2.45, 2.75) is 45.6 Å². The molecular weight excluding hydrogens is 334 g/mol. The Labute approximate surface area is 153 Å². The van der Waals surface area contributed by atoms with E-state index in [1.165, 1.54) is 0 Å². The lowest BCUT2D eigenvalue weighted by Crippen LogP contribution is -2.26. The molecule has 1 aromatic heterocycles. The molecule has 140 valence electrons. The predicted octanol–water partition coefficient (Wildman–Crippen LogP) is 2.77. The van der Waals surface area contributed by atoms with Crippen LogP contribution in [0.3, 0.4) is 0 Å². The van der Waals surface area contributed by atoms with Gasteiger partial charge in [-0.25, -0.2) is 0 Å². The lowest BCUT2D eigenvalue weighted by Gasteiger charge is -2.21. The molecule has 0 atom stereocenters. The van der Waals surface area contributed by atoms with E-state index in [0.29, 0.717) is 44.9 Å². The monoisotopic (exact) mass is 359 g/mol. The van der Waals surface area contributed by atoms with Crippen molar-refractivity contribution in [2.75, 3.05) is 20.3 Å². The topological polar surface area (TPSA) is 77.7 Å². The van der Waals surface area contributed by atoms with E-state index in [2.05, 4.69) is 17.1 Å². The maximum Gasteiger partial charge on any atom is 0.226 e. The van der Waals surface area contributed by atoms with E-state index in [1.807, 2.05) is 25.2 Å². The van der Waals surface area contributed by atoms with E-state index in [9.17, 15) is 4.79 Å². The van der Waals surface area contributed by atoms with Gasteiger partial charge in [-0.1, -0.05) is 18.1 Å². The minimum Gasteiger partial charge on any atom is -0.486 e. The number of aromatic nitrogens is 2. The molecule has 0 saturated heterocycles. The van der Waals surface area contributed by atoms with E-state index in [1.54, 1.807) is 4.90 Å². The number of benzene rings is 1. The van der Waals surface area contributed by atoms with Crippen LogP contribution in [0.1, 0.15) is 43.5 Å². The van der Waals surface area contributed by atoms with Gasteiger partial charge in [0, 0.05) is 32.9 Å². The molecule has 0 spiro atoms. The summed E-state index contributed by atoms with van der Waals surface area (Å²) >= 11 is 0. The second kappa shape index (κ2) is 8.69. The number of rotatable bonds is 8. The molecule has 2 heterocycles. The maximum absolute atomic E-state index is 12.3. The van der Waals surface area contributed by atoms with Crippen LogP contribution in [0.5, 0.6) is 11.5 Å². The minimum atomic E-state index is 0.0909. The average molecular weight is 359 g/mol. The molecule has 0 fully saturated rings. The number of carbonyl (C=O) groups excluding carboxylic acids is 1. The zero-order valence-corrected chi connectivity index (χ0v) is 15.4. The Kier molecular flexibility index (Phi) is 6.09. The summed E-state index contributed by atoms with van der Waals surface area (Å²) in [6.45, 7) is 3.74. The van der Waals surface area contributed by atoms with Crippen molar-refractivity contribution in [3.63, 3.8) is 0 Å². The molecule has 2 aromatic rings. The number of aryl methyl sites for hydroxylation is 2. The number of ether oxygens (including phenoxy) is 2. The van der Waals surface area contributed by atoms with Gasteiger partial charge >= 0.3 is 0 Å². The second-order valence-corrected chi connectivity index (χ2v) is 6.44. The Hall–Kier alpha value is -2.57. The largest absolute Gasteiger partial charge is 0.486 e. The van der Waals surface area contributed by atoms with Gasteiger partial charge in [-0.05, 0) is 30.5 Å². The van der Waals surface area contributed by atoms with E-state index < -0.39 is 0 Å². The third-order valence-corrected chi connectivity index (χ3v) is 4.22. The van der Waals surface area contributed by atoms with Crippen molar-refractivity contribution in [1.29, 1.82) is 0 Å². The SMILES string of the molecule is CCCc1noc(CCCC(=O)N(C)Cc2ccc3c(c2)OCCO3)n1. The van der Waals surface area contributed by atoms with Crippen LogP contribution in [0.2, 0.25) is 0 Å². The first-order chi connectivity index (χ1) is 12.7. The Morgan fingerprint density at radius 3 is 2.81 bits per heavy atom. The van der Waals surface area contributed by atoms with Crippen LogP contribution in [-0.2, 0) is 24.2 Å². The van der Waals surface area contributed by atoms with Crippen molar-refractivity contribution in [1.82, 2.24) is 15.0 Å². The van der Waals surface area contributed by atoms with Gasteiger partial charge in [0.05, 0.1) is 0 Å². The van der Waals surface area contributed by atoms with Crippen LogP contribution in [0.4, 0.5) is 0 Å². The zero-order valence-electron chi connectivity index (χ0n) is 15.4. The quantitative estimate of drug-likeness (QED) is 0.721. The number of fused-ring (bicyclic) bond motifs is 1. The molecule has 7 heteroatoms. The van der Waals surface area contributed by atoms with Gasteiger partial charge in [0.25, 0.3) is 0 Å². The Balaban J connectivity index is 1.45. The first-order valence-electron chi connectivity index (χ1n) is 9.09. The molecule has 3 rings (SSSR count). The lowest BCUT2D eigenvalue weighted by molar-refractivity contribution is -0.130. The van der Waals surface area contributed by atoms with Gasteiger partial charge in [0.1, 0.15) is 13.2 Å². The highest BCUT2D eigenvalue weighted by Gasteiger charge is 2.15. The van der Waals surface area contributed by atoms with Crippen molar-refractivity contribution >= 4 is 5.91 Å². The molecule has 0 N–H and O–H groups in total. The molecule has 7 nitrogen and oxygen atoms in total. The average Bonchev–Trinajstić information content (AvgIpc) is 3.09. The Morgan fingerprint density at radius 1 is 1.19 bits per heavy atom. The highest BCUT2D eigenvalue weighted by molar-refractivity contribution is 5.75. The van der Waals surface area contributed by atoms with Crippen LogP contribution < -0.4 is 9.47 Å². The molecule has 0 saturated carbocycles. The summed E-state index contributed by atoms with van der Waals surface area (Å²) in [4.78, 5) is 18.4. The summed E-state index contributed by atoms with van der Waals surface area (Å²) in [5, 5.41) is 3.93. The number of carbonyl (C=O) groups is 1. The van der Waals surface area contributed by atoms with Crippen LogP contribution in [0.25, 0.3) is 0 Å². The van der Waals surface area contributed by atoms with E-state index in [0.717, 1.165) is 35.7 Å². The second-order valence-electron chi connectivity index (χ2n) is 6.44. The fourth-order valence-corrected chi connectivity index (χ4v) is 2.85. The van der Waals surface area contributed by atoms with Crippen LogP contribution >= 0.6 is 0 Å². The van der Waals surface area contributed by atoms with E-state index >= 15 is 0 Å². The van der Waals surface area contributed by atoms with Gasteiger partial charge in [-0.3, -0.25) is 4.79 Å². The molecule has 1 aliphatic heterocycles. The van der Waals surface area contributed by atoms with Gasteiger partial charge in [-0.15, -0.1) is 0 Å². The first-order valence-corrected chi connectivity index (χ1v) is 9.09. The predicted molar refractivity (Wildman–Crippen MR) is 95.1 cm³/mol. The third kappa shape index (κ3) is 4.74. The Bertz CT molecular complexity index is 744. The van der Waals surface area contributed by atoms with Crippen LogP contribution in [0, 0.1) is 0 Å². The number of amides is 1. The summed E-state index contributed by atoms with van der Waals surface area (Å²) in [5.41, 5.74) is 1.02. The highest BCUT2D eigenvalue weighted by Crippen LogP contribution is 2.31. The molecule has 26 heavy (non-hydrogen) atoms. The van der Waals surface area contributed by atoms with E-state index in [4.69, 9.17) is 14.0 Å². The van der Waals surface area contributed by atoms with Gasteiger partial charge in [0.15, 0.2) is 17.3 Å². The normalized spacial score (nSPS) is 12.8. The summed E-state index contributed by atoms with van der Waals surface area (Å²) in [6, 6.07) is 5.79. The van der Waals surface area contributed by atoms with Gasteiger partial charge in [-0.2, -0.15) is 4.98 Å². The smallest absolute Gasteiger partial charge is 0.226 e. The zero-order chi connectivity index (χ0) is 18.4.